The molecular weight excluding hydrogens is 348 g/mol. The van der Waals surface area contributed by atoms with Crippen molar-refractivity contribution >= 4 is 17.7 Å². The van der Waals surface area contributed by atoms with E-state index in [2.05, 4.69) is 20.4 Å². The number of carbonyl (C=O) groups excluding carboxylic acids is 1. The summed E-state index contributed by atoms with van der Waals surface area (Å²) in [6.07, 6.45) is 2.37. The molecule has 0 saturated carbocycles. The maximum atomic E-state index is 12.3. The number of amides is 1. The third kappa shape index (κ3) is 4.49. The molecule has 26 heavy (non-hydrogen) atoms. The van der Waals surface area contributed by atoms with Crippen molar-refractivity contribution in [3.63, 3.8) is 0 Å². The van der Waals surface area contributed by atoms with Crippen molar-refractivity contribution in [3.05, 3.63) is 60.1 Å². The minimum atomic E-state index is -0.0506. The molecule has 3 aromatic rings. The van der Waals surface area contributed by atoms with Crippen LogP contribution in [0.25, 0.3) is 11.4 Å². The van der Waals surface area contributed by atoms with E-state index in [1.54, 1.807) is 6.20 Å². The number of rotatable bonds is 7. The van der Waals surface area contributed by atoms with Crippen molar-refractivity contribution in [2.75, 3.05) is 5.75 Å². The molecule has 2 heterocycles. The van der Waals surface area contributed by atoms with Gasteiger partial charge in [0.05, 0.1) is 17.4 Å². The van der Waals surface area contributed by atoms with Crippen LogP contribution >= 0.6 is 11.8 Å². The Hall–Kier alpha value is -2.67. The van der Waals surface area contributed by atoms with Gasteiger partial charge < -0.3 is 9.84 Å². The van der Waals surface area contributed by atoms with Crippen LogP contribution in [0.2, 0.25) is 0 Å². The first-order valence-corrected chi connectivity index (χ1v) is 9.41. The molecule has 0 aliphatic carbocycles. The van der Waals surface area contributed by atoms with Gasteiger partial charge in [-0.2, -0.15) is 4.98 Å². The minimum Gasteiger partial charge on any atom is -0.349 e. The first-order valence-electron chi connectivity index (χ1n) is 8.42. The first-order chi connectivity index (χ1) is 12.7. The molecule has 1 N–H and O–H groups in total. The molecule has 0 radical (unpaired) electrons. The number of pyridine rings is 1. The quantitative estimate of drug-likeness (QED) is 0.641. The number of hydrogen-bond acceptors (Lipinski definition) is 6. The van der Waals surface area contributed by atoms with Crippen LogP contribution < -0.4 is 5.32 Å². The summed E-state index contributed by atoms with van der Waals surface area (Å²) in [5, 5.41) is 7.70. The van der Waals surface area contributed by atoms with E-state index in [0.29, 0.717) is 23.2 Å². The van der Waals surface area contributed by atoms with Crippen LogP contribution in [-0.4, -0.2) is 26.8 Å². The Bertz CT molecular complexity index is 867. The Balaban J connectivity index is 1.63. The molecule has 0 aliphatic heterocycles. The third-order valence-electron chi connectivity index (χ3n) is 3.80. The molecule has 1 atom stereocenters. The molecular formula is C19H20N4O2S. The first kappa shape index (κ1) is 18.1. The van der Waals surface area contributed by atoms with Crippen molar-refractivity contribution in [1.29, 1.82) is 0 Å². The number of nitrogens with one attached hydrogen (secondary N) is 1. The van der Waals surface area contributed by atoms with Gasteiger partial charge in [0.2, 0.25) is 17.6 Å². The summed E-state index contributed by atoms with van der Waals surface area (Å²) in [6.45, 7) is 3.92. The summed E-state index contributed by atoms with van der Waals surface area (Å²) in [6, 6.07) is 13.5. The lowest BCUT2D eigenvalue weighted by Crippen LogP contribution is -2.28. The summed E-state index contributed by atoms with van der Waals surface area (Å²) >= 11 is 1.36. The highest BCUT2D eigenvalue weighted by Crippen LogP contribution is 2.27. The number of thioether (sulfide) groups is 1. The van der Waals surface area contributed by atoms with E-state index in [9.17, 15) is 4.79 Å². The highest BCUT2D eigenvalue weighted by atomic mass is 32.2. The van der Waals surface area contributed by atoms with E-state index in [1.807, 2.05) is 56.3 Å². The Morgan fingerprint density at radius 1 is 1.23 bits per heavy atom. The molecule has 1 amide bonds. The summed E-state index contributed by atoms with van der Waals surface area (Å²) in [7, 11) is 0. The van der Waals surface area contributed by atoms with Crippen LogP contribution in [0.3, 0.4) is 0 Å². The van der Waals surface area contributed by atoms with Crippen LogP contribution in [0, 0.1) is 0 Å². The number of benzene rings is 1. The molecule has 0 bridgehead atoms. The third-order valence-corrected chi connectivity index (χ3v) is 4.80. The van der Waals surface area contributed by atoms with Gasteiger partial charge in [-0.3, -0.25) is 4.79 Å². The van der Waals surface area contributed by atoms with E-state index in [-0.39, 0.29) is 17.7 Å². The lowest BCUT2D eigenvalue weighted by atomic mass is 10.1. The SMILES string of the molecule is CCc1nc(-c2cccnc2SCC(=O)N[C@H](C)c2ccccc2)no1. The number of aromatic nitrogens is 3. The topological polar surface area (TPSA) is 80.9 Å². The lowest BCUT2D eigenvalue weighted by molar-refractivity contribution is -0.119. The van der Waals surface area contributed by atoms with Crippen molar-refractivity contribution in [1.82, 2.24) is 20.4 Å². The fraction of sp³-hybridized carbons (Fsp3) is 0.263. The number of hydrogen-bond donors (Lipinski definition) is 1. The van der Waals surface area contributed by atoms with Crippen LogP contribution in [0.15, 0.2) is 58.2 Å². The average molecular weight is 368 g/mol. The van der Waals surface area contributed by atoms with Crippen molar-refractivity contribution < 1.29 is 9.32 Å². The van der Waals surface area contributed by atoms with E-state index in [1.165, 1.54) is 11.8 Å². The Morgan fingerprint density at radius 2 is 2.04 bits per heavy atom. The fourth-order valence-corrected chi connectivity index (χ4v) is 3.23. The molecule has 1 aromatic carbocycles. The summed E-state index contributed by atoms with van der Waals surface area (Å²) < 4.78 is 5.17. The molecule has 0 spiro atoms. The average Bonchev–Trinajstić information content (AvgIpc) is 3.16. The van der Waals surface area contributed by atoms with Crippen molar-refractivity contribution in [2.45, 2.75) is 31.3 Å². The second kappa shape index (κ2) is 8.62. The zero-order valence-electron chi connectivity index (χ0n) is 14.7. The molecule has 0 saturated heterocycles. The van der Waals surface area contributed by atoms with Crippen molar-refractivity contribution in [2.24, 2.45) is 0 Å². The highest BCUT2D eigenvalue weighted by Gasteiger charge is 2.15. The van der Waals surface area contributed by atoms with Gasteiger partial charge in [0, 0.05) is 12.6 Å². The molecule has 0 aliphatic rings. The van der Waals surface area contributed by atoms with E-state index >= 15 is 0 Å². The summed E-state index contributed by atoms with van der Waals surface area (Å²) in [5.41, 5.74) is 1.84. The zero-order valence-corrected chi connectivity index (χ0v) is 15.5. The standard InChI is InChI=1S/C19H20N4O2S/c1-3-17-22-18(23-25-17)15-10-7-11-20-19(15)26-12-16(24)21-13(2)14-8-5-4-6-9-14/h4-11,13H,3,12H2,1-2H3,(H,21,24)/t13-/m1/s1. The fourth-order valence-electron chi connectivity index (χ4n) is 2.43. The maximum Gasteiger partial charge on any atom is 0.230 e. The number of nitrogens with zero attached hydrogens (tertiary/aromatic N) is 3. The highest BCUT2D eigenvalue weighted by molar-refractivity contribution is 8.00. The zero-order chi connectivity index (χ0) is 18.4. The van der Waals surface area contributed by atoms with Gasteiger partial charge in [-0.05, 0) is 24.6 Å². The Morgan fingerprint density at radius 3 is 2.77 bits per heavy atom. The largest absolute Gasteiger partial charge is 0.349 e. The molecule has 2 aromatic heterocycles. The monoisotopic (exact) mass is 368 g/mol. The second-order valence-electron chi connectivity index (χ2n) is 5.71. The molecule has 6 nitrogen and oxygen atoms in total. The van der Waals surface area contributed by atoms with E-state index in [0.717, 1.165) is 11.1 Å². The van der Waals surface area contributed by atoms with Gasteiger partial charge >= 0.3 is 0 Å². The van der Waals surface area contributed by atoms with Gasteiger partial charge in [0.15, 0.2) is 0 Å². The predicted octanol–water partition coefficient (Wildman–Crippen LogP) is 3.66. The number of carbonyl (C=O) groups is 1. The van der Waals surface area contributed by atoms with Gasteiger partial charge in [-0.25, -0.2) is 4.98 Å². The minimum absolute atomic E-state index is 0.0446. The maximum absolute atomic E-state index is 12.3. The lowest BCUT2D eigenvalue weighted by Gasteiger charge is -2.14. The second-order valence-corrected chi connectivity index (χ2v) is 6.67. The molecule has 0 fully saturated rings. The summed E-state index contributed by atoms with van der Waals surface area (Å²) in [5.74, 6) is 1.29. The van der Waals surface area contributed by atoms with Gasteiger partial charge in [0.25, 0.3) is 0 Å². The van der Waals surface area contributed by atoms with E-state index in [4.69, 9.17) is 4.52 Å². The van der Waals surface area contributed by atoms with Crippen LogP contribution in [0.1, 0.15) is 31.3 Å². The van der Waals surface area contributed by atoms with E-state index < -0.39 is 0 Å². The van der Waals surface area contributed by atoms with Crippen LogP contribution in [0.4, 0.5) is 0 Å². The van der Waals surface area contributed by atoms with Crippen LogP contribution in [-0.2, 0) is 11.2 Å². The normalized spacial score (nSPS) is 11.9. The smallest absolute Gasteiger partial charge is 0.230 e. The summed E-state index contributed by atoms with van der Waals surface area (Å²) in [4.78, 5) is 21.0. The Labute approximate surface area is 156 Å². The van der Waals surface area contributed by atoms with Crippen LogP contribution in [0.5, 0.6) is 0 Å². The van der Waals surface area contributed by atoms with Gasteiger partial charge in [0.1, 0.15) is 5.03 Å². The predicted molar refractivity (Wildman–Crippen MR) is 101 cm³/mol. The Kier molecular flexibility index (Phi) is 6.01. The molecule has 0 unspecified atom stereocenters. The van der Waals surface area contributed by atoms with Gasteiger partial charge in [-0.1, -0.05) is 54.2 Å². The van der Waals surface area contributed by atoms with Crippen molar-refractivity contribution in [3.8, 4) is 11.4 Å². The molecule has 7 heteroatoms. The molecule has 134 valence electrons. The number of aryl methyl sites for hydroxylation is 1. The molecule has 3 rings (SSSR count). The van der Waals surface area contributed by atoms with Gasteiger partial charge in [-0.15, -0.1) is 0 Å².